The standard InChI is InChI=1S/C13H13ClN2O2S/c14-10-1-3-11(4-2-10)18-9-12(17)15-6-5-13-16-7-8-19-13/h1-4,7-8H,5-6,9H2,(H,15,17). The fourth-order valence-corrected chi connectivity index (χ4v) is 2.16. The van der Waals surface area contributed by atoms with Crippen LogP contribution in [0.3, 0.4) is 0 Å². The van der Waals surface area contributed by atoms with Gasteiger partial charge in [-0.25, -0.2) is 4.98 Å². The van der Waals surface area contributed by atoms with Crippen LogP contribution in [0, 0.1) is 0 Å². The number of nitrogens with one attached hydrogen (secondary N) is 1. The third-order valence-corrected chi connectivity index (χ3v) is 3.42. The normalized spacial score (nSPS) is 10.2. The molecule has 0 fully saturated rings. The average Bonchev–Trinajstić information content (AvgIpc) is 2.91. The van der Waals surface area contributed by atoms with E-state index in [2.05, 4.69) is 10.3 Å². The van der Waals surface area contributed by atoms with Gasteiger partial charge in [0.05, 0.1) is 5.01 Å². The molecule has 0 aliphatic rings. The van der Waals surface area contributed by atoms with Gasteiger partial charge in [-0.2, -0.15) is 0 Å². The molecule has 0 bridgehead atoms. The fraction of sp³-hybridized carbons (Fsp3) is 0.231. The zero-order chi connectivity index (χ0) is 13.5. The maximum absolute atomic E-state index is 11.5. The third kappa shape index (κ3) is 4.89. The van der Waals surface area contributed by atoms with E-state index in [1.54, 1.807) is 41.8 Å². The molecule has 2 rings (SSSR count). The van der Waals surface area contributed by atoms with Gasteiger partial charge in [-0.3, -0.25) is 4.79 Å². The summed E-state index contributed by atoms with van der Waals surface area (Å²) in [6, 6.07) is 6.89. The van der Waals surface area contributed by atoms with E-state index in [1.165, 1.54) is 0 Å². The smallest absolute Gasteiger partial charge is 0.257 e. The van der Waals surface area contributed by atoms with Crippen molar-refractivity contribution in [3.63, 3.8) is 0 Å². The summed E-state index contributed by atoms with van der Waals surface area (Å²) in [7, 11) is 0. The summed E-state index contributed by atoms with van der Waals surface area (Å²) in [5.74, 6) is 0.478. The van der Waals surface area contributed by atoms with Crippen LogP contribution in [0.1, 0.15) is 5.01 Å². The Kier molecular flexibility index (Phi) is 5.18. The van der Waals surface area contributed by atoms with Crippen LogP contribution in [0.25, 0.3) is 0 Å². The summed E-state index contributed by atoms with van der Waals surface area (Å²) in [5.41, 5.74) is 0. The van der Waals surface area contributed by atoms with Crippen molar-refractivity contribution in [3.8, 4) is 5.75 Å². The molecule has 0 aliphatic carbocycles. The molecule has 4 nitrogen and oxygen atoms in total. The molecule has 1 aromatic heterocycles. The number of ether oxygens (including phenoxy) is 1. The van der Waals surface area contributed by atoms with Crippen molar-refractivity contribution < 1.29 is 9.53 Å². The van der Waals surface area contributed by atoms with Gasteiger partial charge in [0.25, 0.3) is 5.91 Å². The largest absolute Gasteiger partial charge is 0.484 e. The number of carbonyl (C=O) groups is 1. The second-order valence-electron chi connectivity index (χ2n) is 3.77. The molecule has 1 heterocycles. The molecule has 0 atom stereocenters. The first-order chi connectivity index (χ1) is 9.24. The Bertz CT molecular complexity index is 514. The minimum atomic E-state index is -0.147. The molecule has 0 radical (unpaired) electrons. The maximum Gasteiger partial charge on any atom is 0.257 e. The Morgan fingerprint density at radius 3 is 2.84 bits per heavy atom. The van der Waals surface area contributed by atoms with Crippen molar-refractivity contribution in [2.24, 2.45) is 0 Å². The highest BCUT2D eigenvalue weighted by molar-refractivity contribution is 7.09. The molecule has 0 saturated heterocycles. The number of amides is 1. The summed E-state index contributed by atoms with van der Waals surface area (Å²) < 4.78 is 5.33. The minimum Gasteiger partial charge on any atom is -0.484 e. The van der Waals surface area contributed by atoms with Gasteiger partial charge in [-0.15, -0.1) is 11.3 Å². The molecule has 100 valence electrons. The zero-order valence-electron chi connectivity index (χ0n) is 10.1. The third-order valence-electron chi connectivity index (χ3n) is 2.33. The topological polar surface area (TPSA) is 51.2 Å². The van der Waals surface area contributed by atoms with Gasteiger partial charge >= 0.3 is 0 Å². The fourth-order valence-electron chi connectivity index (χ4n) is 1.42. The number of hydrogen-bond donors (Lipinski definition) is 1. The summed E-state index contributed by atoms with van der Waals surface area (Å²) in [4.78, 5) is 15.7. The van der Waals surface area contributed by atoms with Gasteiger partial charge in [-0.1, -0.05) is 11.6 Å². The van der Waals surface area contributed by atoms with Gasteiger partial charge < -0.3 is 10.1 Å². The summed E-state index contributed by atoms with van der Waals surface area (Å²) in [5, 5.41) is 6.35. The predicted octanol–water partition coefficient (Wildman–Crippen LogP) is 2.53. The van der Waals surface area contributed by atoms with Gasteiger partial charge in [0, 0.05) is 29.6 Å². The van der Waals surface area contributed by atoms with E-state index in [0.29, 0.717) is 17.3 Å². The number of nitrogens with zero attached hydrogens (tertiary/aromatic N) is 1. The number of halogens is 1. The Morgan fingerprint density at radius 1 is 1.37 bits per heavy atom. The van der Waals surface area contributed by atoms with E-state index >= 15 is 0 Å². The lowest BCUT2D eigenvalue weighted by Gasteiger charge is -2.06. The van der Waals surface area contributed by atoms with E-state index in [-0.39, 0.29) is 12.5 Å². The van der Waals surface area contributed by atoms with Gasteiger partial charge in [0.15, 0.2) is 6.61 Å². The average molecular weight is 297 g/mol. The van der Waals surface area contributed by atoms with Crippen molar-refractivity contribution in [3.05, 3.63) is 45.9 Å². The van der Waals surface area contributed by atoms with Crippen molar-refractivity contribution in [2.45, 2.75) is 6.42 Å². The highest BCUT2D eigenvalue weighted by Crippen LogP contribution is 2.15. The van der Waals surface area contributed by atoms with Crippen molar-refractivity contribution in [2.75, 3.05) is 13.2 Å². The summed E-state index contributed by atoms with van der Waals surface area (Å²) in [6.45, 7) is 0.565. The predicted molar refractivity (Wildman–Crippen MR) is 75.8 cm³/mol. The van der Waals surface area contributed by atoms with Crippen LogP contribution in [0.2, 0.25) is 5.02 Å². The first-order valence-corrected chi connectivity index (χ1v) is 7.03. The number of aromatic nitrogens is 1. The highest BCUT2D eigenvalue weighted by Gasteiger charge is 2.03. The second-order valence-corrected chi connectivity index (χ2v) is 5.18. The van der Waals surface area contributed by atoms with Crippen molar-refractivity contribution in [1.29, 1.82) is 0 Å². The van der Waals surface area contributed by atoms with E-state index in [1.807, 2.05) is 5.38 Å². The monoisotopic (exact) mass is 296 g/mol. The Morgan fingerprint density at radius 2 is 2.16 bits per heavy atom. The van der Waals surface area contributed by atoms with E-state index in [4.69, 9.17) is 16.3 Å². The van der Waals surface area contributed by atoms with Crippen LogP contribution in [0.5, 0.6) is 5.75 Å². The molecule has 1 aromatic carbocycles. The minimum absolute atomic E-state index is 0.000495. The van der Waals surface area contributed by atoms with Crippen LogP contribution in [-0.2, 0) is 11.2 Å². The lowest BCUT2D eigenvalue weighted by atomic mass is 10.3. The highest BCUT2D eigenvalue weighted by atomic mass is 35.5. The van der Waals surface area contributed by atoms with Crippen LogP contribution >= 0.6 is 22.9 Å². The van der Waals surface area contributed by atoms with Crippen LogP contribution in [0.15, 0.2) is 35.8 Å². The number of benzene rings is 1. The van der Waals surface area contributed by atoms with Gasteiger partial charge in [-0.05, 0) is 24.3 Å². The molecule has 0 aliphatic heterocycles. The Balaban J connectivity index is 1.65. The first kappa shape index (κ1) is 13.8. The zero-order valence-corrected chi connectivity index (χ0v) is 11.7. The Labute approximate surface area is 120 Å². The number of thiazole rings is 1. The number of hydrogen-bond acceptors (Lipinski definition) is 4. The molecule has 1 amide bonds. The first-order valence-electron chi connectivity index (χ1n) is 5.77. The molecule has 0 unspecified atom stereocenters. The lowest BCUT2D eigenvalue weighted by Crippen LogP contribution is -2.30. The molecule has 19 heavy (non-hydrogen) atoms. The molecule has 2 aromatic rings. The summed E-state index contributed by atoms with van der Waals surface area (Å²) in [6.07, 6.45) is 2.50. The Hall–Kier alpha value is -1.59. The van der Waals surface area contributed by atoms with E-state index < -0.39 is 0 Å². The van der Waals surface area contributed by atoms with Crippen LogP contribution in [-0.4, -0.2) is 24.0 Å². The molecule has 0 saturated carbocycles. The SMILES string of the molecule is O=C(COc1ccc(Cl)cc1)NCCc1nccs1. The summed E-state index contributed by atoms with van der Waals surface area (Å²) >= 11 is 7.33. The number of rotatable bonds is 6. The second kappa shape index (κ2) is 7.11. The quantitative estimate of drug-likeness (QED) is 0.891. The van der Waals surface area contributed by atoms with Gasteiger partial charge in [0.2, 0.25) is 0 Å². The number of carbonyl (C=O) groups excluding carboxylic acids is 1. The lowest BCUT2D eigenvalue weighted by molar-refractivity contribution is -0.123. The van der Waals surface area contributed by atoms with E-state index in [0.717, 1.165) is 11.4 Å². The van der Waals surface area contributed by atoms with Gasteiger partial charge in [0.1, 0.15) is 5.75 Å². The van der Waals surface area contributed by atoms with Crippen molar-refractivity contribution >= 4 is 28.8 Å². The molecular weight excluding hydrogens is 284 g/mol. The molecule has 6 heteroatoms. The maximum atomic E-state index is 11.5. The van der Waals surface area contributed by atoms with E-state index in [9.17, 15) is 4.79 Å². The van der Waals surface area contributed by atoms with Crippen molar-refractivity contribution in [1.82, 2.24) is 10.3 Å². The molecular formula is C13H13ClN2O2S. The van der Waals surface area contributed by atoms with Crippen LogP contribution < -0.4 is 10.1 Å². The van der Waals surface area contributed by atoms with Crippen LogP contribution in [0.4, 0.5) is 0 Å². The molecule has 0 spiro atoms. The molecule has 1 N–H and O–H groups in total.